The third-order valence-electron chi connectivity index (χ3n) is 4.55. The summed E-state index contributed by atoms with van der Waals surface area (Å²) in [6, 6.07) is 10.5. The van der Waals surface area contributed by atoms with Crippen LogP contribution in [0.4, 0.5) is 5.69 Å². The van der Waals surface area contributed by atoms with Gasteiger partial charge in [-0.05, 0) is 39.0 Å². The first-order chi connectivity index (χ1) is 13.9. The average Bonchev–Trinajstić information content (AvgIpc) is 3.29. The number of anilines is 1. The number of carbonyl (C=O) groups excluding carboxylic acids is 1. The molecule has 0 unspecified atom stereocenters. The number of H-pyrrole nitrogens is 1. The van der Waals surface area contributed by atoms with E-state index in [-0.39, 0.29) is 11.5 Å². The molecule has 0 saturated carbocycles. The number of aromatic amines is 1. The minimum atomic E-state index is -0.212. The van der Waals surface area contributed by atoms with Gasteiger partial charge in [-0.2, -0.15) is 0 Å². The van der Waals surface area contributed by atoms with E-state index in [1.165, 1.54) is 17.4 Å². The summed E-state index contributed by atoms with van der Waals surface area (Å²) in [4.78, 5) is 36.1. The Kier molecular flexibility index (Phi) is 4.85. The first-order valence-electron chi connectivity index (χ1n) is 9.01. The van der Waals surface area contributed by atoms with E-state index in [1.54, 1.807) is 25.3 Å². The van der Waals surface area contributed by atoms with Crippen LogP contribution in [-0.2, 0) is 0 Å². The highest BCUT2D eigenvalue weighted by Crippen LogP contribution is 2.24. The van der Waals surface area contributed by atoms with Crippen LogP contribution in [-0.4, -0.2) is 25.4 Å². The Morgan fingerprint density at radius 3 is 2.72 bits per heavy atom. The molecule has 4 aromatic rings. The second kappa shape index (κ2) is 7.48. The lowest BCUT2D eigenvalue weighted by Gasteiger charge is -2.08. The van der Waals surface area contributed by atoms with Gasteiger partial charge in [-0.3, -0.25) is 14.2 Å². The number of nitrogens with zero attached hydrogens (tertiary/aromatic N) is 3. The van der Waals surface area contributed by atoms with E-state index in [0.717, 1.165) is 22.1 Å². The van der Waals surface area contributed by atoms with Crippen molar-refractivity contribution in [2.24, 2.45) is 0 Å². The summed E-state index contributed by atoms with van der Waals surface area (Å²) >= 11 is 1.52. The largest absolute Gasteiger partial charge is 0.322 e. The van der Waals surface area contributed by atoms with Crippen LogP contribution >= 0.6 is 11.3 Å². The lowest BCUT2D eigenvalue weighted by atomic mass is 10.1. The minimum Gasteiger partial charge on any atom is -0.322 e. The Morgan fingerprint density at radius 2 is 2.00 bits per heavy atom. The van der Waals surface area contributed by atoms with Gasteiger partial charge < -0.3 is 10.3 Å². The lowest BCUT2D eigenvalue weighted by Crippen LogP contribution is -2.13. The van der Waals surface area contributed by atoms with Crippen LogP contribution in [0.1, 0.15) is 27.4 Å². The summed E-state index contributed by atoms with van der Waals surface area (Å²) in [5.41, 5.74) is 4.12. The number of hydrogen-bond acceptors (Lipinski definition) is 5. The molecule has 1 aromatic carbocycles. The second-order valence-corrected chi connectivity index (χ2v) is 7.58. The number of rotatable bonds is 4. The van der Waals surface area contributed by atoms with Crippen molar-refractivity contribution in [1.82, 2.24) is 19.5 Å². The summed E-state index contributed by atoms with van der Waals surface area (Å²) in [5.74, 6) is 0.261. The maximum Gasteiger partial charge on any atom is 0.257 e. The number of nitrogens with one attached hydrogen (secondary N) is 2. The topological polar surface area (TPSA) is 92.7 Å². The molecule has 7 nitrogen and oxygen atoms in total. The number of benzene rings is 1. The molecule has 0 aliphatic carbocycles. The molecule has 0 spiro atoms. The first kappa shape index (κ1) is 18.8. The fraction of sp³-hybridized carbons (Fsp3) is 0.143. The lowest BCUT2D eigenvalue weighted by molar-refractivity contribution is 0.102. The van der Waals surface area contributed by atoms with Crippen LogP contribution in [0.25, 0.3) is 16.5 Å². The third kappa shape index (κ3) is 3.74. The van der Waals surface area contributed by atoms with Gasteiger partial charge in [0.05, 0.1) is 5.56 Å². The quantitative estimate of drug-likeness (QED) is 0.539. The van der Waals surface area contributed by atoms with E-state index in [2.05, 4.69) is 20.3 Å². The van der Waals surface area contributed by atoms with E-state index in [9.17, 15) is 9.59 Å². The van der Waals surface area contributed by atoms with Crippen LogP contribution in [0.3, 0.4) is 0 Å². The Hall–Kier alpha value is -3.52. The van der Waals surface area contributed by atoms with Crippen LogP contribution in [0, 0.1) is 20.8 Å². The molecule has 0 saturated heterocycles. The zero-order valence-electron chi connectivity index (χ0n) is 16.2. The molecule has 0 radical (unpaired) electrons. The highest BCUT2D eigenvalue weighted by molar-refractivity contribution is 7.12. The van der Waals surface area contributed by atoms with Crippen molar-refractivity contribution in [2.75, 3.05) is 5.32 Å². The second-order valence-electron chi connectivity index (χ2n) is 6.71. The Labute approximate surface area is 171 Å². The van der Waals surface area contributed by atoms with E-state index in [0.29, 0.717) is 22.8 Å². The van der Waals surface area contributed by atoms with Crippen molar-refractivity contribution >= 4 is 22.9 Å². The van der Waals surface area contributed by atoms with Gasteiger partial charge in [0, 0.05) is 46.0 Å². The standard InChI is InChI=1S/C21H19N5O2S/c1-12-9-18(27)25-19(23-12)15-5-4-6-16(11-15)24-20(28)17-10-13(2)26(14(17)3)21-22-7-8-29-21/h4-11H,1-3H3,(H,24,28)(H,23,25,27). The third-order valence-corrected chi connectivity index (χ3v) is 5.31. The summed E-state index contributed by atoms with van der Waals surface area (Å²) < 4.78 is 1.97. The van der Waals surface area contributed by atoms with Crippen molar-refractivity contribution in [2.45, 2.75) is 20.8 Å². The maximum atomic E-state index is 12.9. The van der Waals surface area contributed by atoms with Gasteiger partial charge in [-0.1, -0.05) is 12.1 Å². The van der Waals surface area contributed by atoms with Gasteiger partial charge in [-0.25, -0.2) is 9.97 Å². The number of carbonyl (C=O) groups is 1. The molecule has 0 bridgehead atoms. The molecule has 4 rings (SSSR count). The molecule has 8 heteroatoms. The number of amides is 1. The fourth-order valence-corrected chi connectivity index (χ4v) is 4.02. The van der Waals surface area contributed by atoms with Crippen LogP contribution in [0.5, 0.6) is 0 Å². The average molecular weight is 405 g/mol. The molecule has 29 heavy (non-hydrogen) atoms. The van der Waals surface area contributed by atoms with Crippen LogP contribution < -0.4 is 10.9 Å². The molecule has 3 heterocycles. The first-order valence-corrected chi connectivity index (χ1v) is 9.89. The molecule has 0 fully saturated rings. The predicted molar refractivity (Wildman–Crippen MR) is 114 cm³/mol. The van der Waals surface area contributed by atoms with E-state index in [1.807, 2.05) is 42.0 Å². The molecule has 146 valence electrons. The van der Waals surface area contributed by atoms with E-state index in [4.69, 9.17) is 0 Å². The molecule has 0 aliphatic heterocycles. The fourth-order valence-electron chi connectivity index (χ4n) is 3.27. The van der Waals surface area contributed by atoms with Gasteiger partial charge in [0.2, 0.25) is 0 Å². The molecule has 3 aromatic heterocycles. The predicted octanol–water partition coefficient (Wildman–Crippen LogP) is 3.86. The maximum absolute atomic E-state index is 12.9. The van der Waals surface area contributed by atoms with Crippen molar-refractivity contribution in [3.63, 3.8) is 0 Å². The summed E-state index contributed by atoms with van der Waals surface area (Å²) in [6.07, 6.45) is 1.74. The van der Waals surface area contributed by atoms with Crippen molar-refractivity contribution in [3.8, 4) is 16.5 Å². The van der Waals surface area contributed by atoms with Crippen molar-refractivity contribution in [1.29, 1.82) is 0 Å². The van der Waals surface area contributed by atoms with Crippen LogP contribution in [0.2, 0.25) is 0 Å². The summed E-state index contributed by atoms with van der Waals surface area (Å²) in [6.45, 7) is 5.62. The Bertz CT molecular complexity index is 1250. The normalized spacial score (nSPS) is 10.9. The molecule has 0 atom stereocenters. The minimum absolute atomic E-state index is 0.205. The Morgan fingerprint density at radius 1 is 1.17 bits per heavy atom. The zero-order valence-corrected chi connectivity index (χ0v) is 17.0. The SMILES string of the molecule is Cc1cc(=O)[nH]c(-c2cccc(NC(=O)c3cc(C)n(-c4nccs4)c3C)c2)n1. The zero-order chi connectivity index (χ0) is 20.5. The van der Waals surface area contributed by atoms with E-state index < -0.39 is 0 Å². The summed E-state index contributed by atoms with van der Waals surface area (Å²) in [5, 5.41) is 5.67. The van der Waals surface area contributed by atoms with Gasteiger partial charge in [0.1, 0.15) is 5.82 Å². The number of aromatic nitrogens is 4. The molecule has 2 N–H and O–H groups in total. The monoisotopic (exact) mass is 405 g/mol. The van der Waals surface area contributed by atoms with E-state index >= 15 is 0 Å². The number of thiazole rings is 1. The molecular weight excluding hydrogens is 386 g/mol. The van der Waals surface area contributed by atoms with Crippen molar-refractivity contribution < 1.29 is 4.79 Å². The molecule has 1 amide bonds. The molecular formula is C21H19N5O2S. The highest BCUT2D eigenvalue weighted by atomic mass is 32.1. The van der Waals surface area contributed by atoms with Gasteiger partial charge in [0.25, 0.3) is 11.5 Å². The number of hydrogen-bond donors (Lipinski definition) is 2. The highest BCUT2D eigenvalue weighted by Gasteiger charge is 2.18. The van der Waals surface area contributed by atoms with Gasteiger partial charge in [-0.15, -0.1) is 11.3 Å². The smallest absolute Gasteiger partial charge is 0.257 e. The molecule has 0 aliphatic rings. The van der Waals surface area contributed by atoms with Crippen molar-refractivity contribution in [3.05, 3.63) is 81.0 Å². The Balaban J connectivity index is 1.63. The van der Waals surface area contributed by atoms with Crippen LogP contribution in [0.15, 0.2) is 52.8 Å². The number of aryl methyl sites for hydroxylation is 2. The van der Waals surface area contributed by atoms with Gasteiger partial charge >= 0.3 is 0 Å². The van der Waals surface area contributed by atoms with Gasteiger partial charge in [0.15, 0.2) is 5.13 Å². The summed E-state index contributed by atoms with van der Waals surface area (Å²) in [7, 11) is 0.